The second kappa shape index (κ2) is 5.58. The molecule has 0 aliphatic carbocycles. The zero-order chi connectivity index (χ0) is 11.4. The standard InChI is InChI=1S/C12H14FIO/c1-8(2)3-6-12(15)10-5-4-9(13)7-11(10)14/h4-5,7-8H,3,6H2,1-2H3. The summed E-state index contributed by atoms with van der Waals surface area (Å²) in [5, 5.41) is 0. The van der Waals surface area contributed by atoms with Gasteiger partial charge in [0.2, 0.25) is 0 Å². The molecule has 0 atom stereocenters. The summed E-state index contributed by atoms with van der Waals surface area (Å²) in [6.07, 6.45) is 1.42. The van der Waals surface area contributed by atoms with Gasteiger partial charge in [-0.05, 0) is 53.1 Å². The zero-order valence-corrected chi connectivity index (χ0v) is 11.0. The molecule has 1 rings (SSSR count). The summed E-state index contributed by atoms with van der Waals surface area (Å²) in [5.41, 5.74) is 0.637. The van der Waals surface area contributed by atoms with Crippen LogP contribution in [0.5, 0.6) is 0 Å². The molecule has 0 unspecified atom stereocenters. The molecular weight excluding hydrogens is 306 g/mol. The molecule has 0 aliphatic heterocycles. The van der Waals surface area contributed by atoms with Gasteiger partial charge in [-0.15, -0.1) is 0 Å². The highest BCUT2D eigenvalue weighted by molar-refractivity contribution is 14.1. The van der Waals surface area contributed by atoms with Crippen LogP contribution in [-0.4, -0.2) is 5.78 Å². The van der Waals surface area contributed by atoms with Crippen molar-refractivity contribution in [2.24, 2.45) is 5.92 Å². The average Bonchev–Trinajstić information content (AvgIpc) is 2.14. The molecule has 0 N–H and O–H groups in total. The largest absolute Gasteiger partial charge is 0.294 e. The van der Waals surface area contributed by atoms with Crippen molar-refractivity contribution in [1.82, 2.24) is 0 Å². The molecule has 15 heavy (non-hydrogen) atoms. The van der Waals surface area contributed by atoms with Gasteiger partial charge in [0.15, 0.2) is 5.78 Å². The van der Waals surface area contributed by atoms with Crippen molar-refractivity contribution in [3.63, 3.8) is 0 Å². The summed E-state index contributed by atoms with van der Waals surface area (Å²) >= 11 is 2.00. The maximum atomic E-state index is 12.8. The van der Waals surface area contributed by atoms with Crippen LogP contribution in [0.15, 0.2) is 18.2 Å². The van der Waals surface area contributed by atoms with E-state index < -0.39 is 0 Å². The molecule has 1 aromatic rings. The van der Waals surface area contributed by atoms with Gasteiger partial charge >= 0.3 is 0 Å². The van der Waals surface area contributed by atoms with E-state index in [2.05, 4.69) is 13.8 Å². The van der Waals surface area contributed by atoms with Crippen molar-refractivity contribution in [3.05, 3.63) is 33.1 Å². The quantitative estimate of drug-likeness (QED) is 0.604. The van der Waals surface area contributed by atoms with E-state index in [1.165, 1.54) is 12.1 Å². The van der Waals surface area contributed by atoms with Crippen LogP contribution in [0.1, 0.15) is 37.0 Å². The van der Waals surface area contributed by atoms with E-state index in [-0.39, 0.29) is 11.6 Å². The summed E-state index contributed by atoms with van der Waals surface area (Å²) in [6, 6.07) is 4.30. The molecule has 0 saturated carbocycles. The van der Waals surface area contributed by atoms with Crippen LogP contribution in [0.2, 0.25) is 0 Å². The molecule has 0 heterocycles. The van der Waals surface area contributed by atoms with Crippen molar-refractivity contribution in [2.45, 2.75) is 26.7 Å². The van der Waals surface area contributed by atoms with Gasteiger partial charge in [-0.25, -0.2) is 4.39 Å². The molecule has 1 aromatic carbocycles. The van der Waals surface area contributed by atoms with Gasteiger partial charge in [0.25, 0.3) is 0 Å². The monoisotopic (exact) mass is 320 g/mol. The van der Waals surface area contributed by atoms with Crippen LogP contribution < -0.4 is 0 Å². The molecule has 0 spiro atoms. The average molecular weight is 320 g/mol. The Balaban J connectivity index is 2.74. The minimum absolute atomic E-state index is 0.105. The van der Waals surface area contributed by atoms with Crippen LogP contribution in [0.3, 0.4) is 0 Å². The lowest BCUT2D eigenvalue weighted by Gasteiger charge is -2.05. The maximum absolute atomic E-state index is 12.8. The molecule has 0 saturated heterocycles. The van der Waals surface area contributed by atoms with E-state index in [9.17, 15) is 9.18 Å². The Kier molecular flexibility index (Phi) is 4.70. The Morgan fingerprint density at radius 2 is 2.13 bits per heavy atom. The maximum Gasteiger partial charge on any atom is 0.163 e. The molecular formula is C12H14FIO. The second-order valence-electron chi connectivity index (χ2n) is 3.98. The van der Waals surface area contributed by atoms with Crippen molar-refractivity contribution >= 4 is 28.4 Å². The highest BCUT2D eigenvalue weighted by Gasteiger charge is 2.10. The van der Waals surface area contributed by atoms with Gasteiger partial charge in [0.1, 0.15) is 5.82 Å². The predicted octanol–water partition coefficient (Wildman–Crippen LogP) is 4.05. The Bertz CT molecular complexity index is 361. The third kappa shape index (κ3) is 3.89. The minimum atomic E-state index is -0.292. The van der Waals surface area contributed by atoms with E-state index in [4.69, 9.17) is 0 Å². The fraction of sp³-hybridized carbons (Fsp3) is 0.417. The zero-order valence-electron chi connectivity index (χ0n) is 8.89. The fourth-order valence-electron chi connectivity index (χ4n) is 1.27. The Morgan fingerprint density at radius 3 is 2.67 bits per heavy atom. The normalized spacial score (nSPS) is 10.7. The third-order valence-corrected chi connectivity index (χ3v) is 3.07. The molecule has 0 amide bonds. The Morgan fingerprint density at radius 1 is 1.47 bits per heavy atom. The first-order valence-corrected chi connectivity index (χ1v) is 6.07. The molecule has 0 fully saturated rings. The van der Waals surface area contributed by atoms with Crippen LogP contribution in [-0.2, 0) is 0 Å². The molecule has 0 aromatic heterocycles. The lowest BCUT2D eigenvalue weighted by Crippen LogP contribution is -2.03. The van der Waals surface area contributed by atoms with Crippen LogP contribution in [0, 0.1) is 15.3 Å². The Hall–Kier alpha value is -0.450. The number of carbonyl (C=O) groups is 1. The second-order valence-corrected chi connectivity index (χ2v) is 5.14. The first kappa shape index (κ1) is 12.6. The number of ketones is 1. The van der Waals surface area contributed by atoms with Gasteiger partial charge in [-0.1, -0.05) is 13.8 Å². The summed E-state index contributed by atoms with van der Waals surface area (Å²) in [6.45, 7) is 4.17. The number of rotatable bonds is 4. The number of Topliss-reactive ketones (excluding diaryl/α,β-unsaturated/α-hetero) is 1. The molecule has 0 aliphatic rings. The van der Waals surface area contributed by atoms with Crippen LogP contribution in [0.4, 0.5) is 4.39 Å². The number of benzene rings is 1. The highest BCUT2D eigenvalue weighted by Crippen LogP contribution is 2.17. The first-order valence-electron chi connectivity index (χ1n) is 4.99. The third-order valence-electron chi connectivity index (χ3n) is 2.18. The van der Waals surface area contributed by atoms with E-state index in [1.807, 2.05) is 22.6 Å². The smallest absolute Gasteiger partial charge is 0.163 e. The topological polar surface area (TPSA) is 17.1 Å². The predicted molar refractivity (Wildman–Crippen MR) is 67.5 cm³/mol. The van der Waals surface area contributed by atoms with Gasteiger partial charge < -0.3 is 0 Å². The van der Waals surface area contributed by atoms with Crippen molar-refractivity contribution in [1.29, 1.82) is 0 Å². The molecule has 82 valence electrons. The molecule has 0 bridgehead atoms. The Labute approximate surface area is 103 Å². The van der Waals surface area contributed by atoms with Crippen molar-refractivity contribution in [2.75, 3.05) is 0 Å². The summed E-state index contributed by atoms with van der Waals surface area (Å²) in [5.74, 6) is 0.333. The molecule has 0 radical (unpaired) electrons. The molecule has 1 nitrogen and oxygen atoms in total. The van der Waals surface area contributed by atoms with Gasteiger partial charge in [0, 0.05) is 15.6 Å². The number of hydrogen-bond acceptors (Lipinski definition) is 1. The SMILES string of the molecule is CC(C)CCC(=O)c1ccc(F)cc1I. The van der Waals surface area contributed by atoms with Crippen LogP contribution >= 0.6 is 22.6 Å². The van der Waals surface area contributed by atoms with Gasteiger partial charge in [-0.2, -0.15) is 0 Å². The van der Waals surface area contributed by atoms with Crippen molar-refractivity contribution in [3.8, 4) is 0 Å². The van der Waals surface area contributed by atoms with E-state index in [0.29, 0.717) is 21.5 Å². The molecule has 3 heteroatoms. The summed E-state index contributed by atoms with van der Waals surface area (Å²) in [7, 11) is 0. The fourth-order valence-corrected chi connectivity index (χ4v) is 2.05. The first-order chi connectivity index (χ1) is 7.00. The summed E-state index contributed by atoms with van der Waals surface area (Å²) in [4.78, 5) is 11.8. The lowest BCUT2D eigenvalue weighted by atomic mass is 10.0. The van der Waals surface area contributed by atoms with E-state index in [0.717, 1.165) is 6.42 Å². The number of hydrogen-bond donors (Lipinski definition) is 0. The van der Waals surface area contributed by atoms with E-state index >= 15 is 0 Å². The number of carbonyl (C=O) groups excluding carboxylic acids is 1. The van der Waals surface area contributed by atoms with E-state index in [1.54, 1.807) is 6.07 Å². The lowest BCUT2D eigenvalue weighted by molar-refractivity contribution is 0.0974. The van der Waals surface area contributed by atoms with Gasteiger partial charge in [-0.3, -0.25) is 4.79 Å². The minimum Gasteiger partial charge on any atom is -0.294 e. The van der Waals surface area contributed by atoms with Gasteiger partial charge in [0.05, 0.1) is 0 Å². The number of halogens is 2. The highest BCUT2D eigenvalue weighted by atomic mass is 127. The summed E-state index contributed by atoms with van der Waals surface area (Å²) < 4.78 is 13.5. The van der Waals surface area contributed by atoms with Crippen molar-refractivity contribution < 1.29 is 9.18 Å². The van der Waals surface area contributed by atoms with Crippen LogP contribution in [0.25, 0.3) is 0 Å².